The van der Waals surface area contributed by atoms with Gasteiger partial charge in [-0.1, -0.05) is 23.8 Å². The van der Waals surface area contributed by atoms with E-state index in [2.05, 4.69) is 18.5 Å². The molecule has 1 aliphatic heterocycles. The van der Waals surface area contributed by atoms with E-state index in [1.165, 1.54) is 6.07 Å². The van der Waals surface area contributed by atoms with Crippen LogP contribution >= 0.6 is 11.6 Å². The number of anilines is 2. The van der Waals surface area contributed by atoms with E-state index in [-0.39, 0.29) is 0 Å². The Morgan fingerprint density at radius 2 is 1.84 bits per heavy atom. The molecule has 0 unspecified atom stereocenters. The zero-order chi connectivity index (χ0) is 14.0. The third-order valence-electron chi connectivity index (χ3n) is 2.83. The minimum atomic E-state index is -0.623. The molecule has 0 spiro atoms. The fourth-order valence-electron chi connectivity index (χ4n) is 1.98. The second kappa shape index (κ2) is 5.28. The molecule has 0 atom stereocenters. The number of amides is 1. The average Bonchev–Trinajstić information content (AvgIpc) is 2.64. The summed E-state index contributed by atoms with van der Waals surface area (Å²) in [6, 6.07) is 3.22. The number of rotatable bonds is 5. The maximum atomic E-state index is 11.6. The molecule has 1 aromatic carbocycles. The predicted molar refractivity (Wildman–Crippen MR) is 77.0 cm³/mol. The highest BCUT2D eigenvalue weighted by Gasteiger charge is 2.29. The van der Waals surface area contributed by atoms with Crippen LogP contribution in [0.3, 0.4) is 0 Å². The Bertz CT molecular complexity index is 571. The van der Waals surface area contributed by atoms with Gasteiger partial charge in [0.05, 0.1) is 22.0 Å². The highest BCUT2D eigenvalue weighted by molar-refractivity contribution is 6.52. The summed E-state index contributed by atoms with van der Waals surface area (Å²) in [5.74, 6) is -1.18. The molecule has 1 aliphatic rings. The van der Waals surface area contributed by atoms with E-state index in [0.29, 0.717) is 29.4 Å². The molecule has 0 saturated heterocycles. The molecule has 0 saturated carbocycles. The van der Waals surface area contributed by atoms with Crippen LogP contribution in [0.1, 0.15) is 10.4 Å². The van der Waals surface area contributed by atoms with Crippen LogP contribution in [0.4, 0.5) is 11.4 Å². The van der Waals surface area contributed by atoms with Crippen molar-refractivity contribution >= 4 is 34.7 Å². The van der Waals surface area contributed by atoms with Gasteiger partial charge in [-0.05, 0) is 12.1 Å². The van der Waals surface area contributed by atoms with Gasteiger partial charge >= 0.3 is 0 Å². The lowest BCUT2D eigenvalue weighted by Gasteiger charge is -2.23. The van der Waals surface area contributed by atoms with E-state index < -0.39 is 11.7 Å². The molecule has 1 amide bonds. The molecular weight excluding hydrogens is 264 g/mol. The lowest BCUT2D eigenvalue weighted by atomic mass is 10.1. The number of benzene rings is 1. The molecule has 98 valence electrons. The Kier molecular flexibility index (Phi) is 3.71. The molecule has 1 heterocycles. The second-order valence-corrected chi connectivity index (χ2v) is 4.52. The van der Waals surface area contributed by atoms with Crippen LogP contribution in [0, 0.1) is 0 Å². The zero-order valence-corrected chi connectivity index (χ0v) is 11.0. The van der Waals surface area contributed by atoms with Gasteiger partial charge in [0, 0.05) is 13.1 Å². The van der Waals surface area contributed by atoms with Gasteiger partial charge in [0.1, 0.15) is 0 Å². The van der Waals surface area contributed by atoms with Crippen molar-refractivity contribution in [1.82, 2.24) is 0 Å². The molecule has 0 bridgehead atoms. The fourth-order valence-corrected chi connectivity index (χ4v) is 2.26. The first-order valence-corrected chi connectivity index (χ1v) is 6.12. The molecule has 19 heavy (non-hydrogen) atoms. The van der Waals surface area contributed by atoms with Gasteiger partial charge in [0.25, 0.3) is 11.7 Å². The molecule has 1 aromatic rings. The van der Waals surface area contributed by atoms with Crippen molar-refractivity contribution in [2.24, 2.45) is 0 Å². The second-order valence-electron chi connectivity index (χ2n) is 4.11. The van der Waals surface area contributed by atoms with Crippen LogP contribution in [-0.4, -0.2) is 24.8 Å². The van der Waals surface area contributed by atoms with Crippen LogP contribution in [0.15, 0.2) is 37.4 Å². The molecule has 0 aliphatic carbocycles. The molecule has 1 N–H and O–H groups in total. The van der Waals surface area contributed by atoms with E-state index in [4.69, 9.17) is 11.6 Å². The molecule has 4 nitrogen and oxygen atoms in total. The monoisotopic (exact) mass is 276 g/mol. The van der Waals surface area contributed by atoms with E-state index in [9.17, 15) is 9.59 Å². The topological polar surface area (TPSA) is 49.4 Å². The normalized spacial score (nSPS) is 12.9. The summed E-state index contributed by atoms with van der Waals surface area (Å²) >= 11 is 6.19. The largest absolute Gasteiger partial charge is 0.363 e. The summed E-state index contributed by atoms with van der Waals surface area (Å²) in [6.07, 6.45) is 3.49. The number of ketones is 1. The van der Waals surface area contributed by atoms with Crippen LogP contribution in [0.2, 0.25) is 5.02 Å². The Morgan fingerprint density at radius 3 is 2.42 bits per heavy atom. The number of halogens is 1. The summed E-state index contributed by atoms with van der Waals surface area (Å²) < 4.78 is 0. The number of carbonyl (C=O) groups is 2. The summed E-state index contributed by atoms with van der Waals surface area (Å²) in [7, 11) is 0. The Morgan fingerprint density at radius 1 is 1.21 bits per heavy atom. The Balaban J connectivity index is 2.45. The van der Waals surface area contributed by atoms with Crippen molar-refractivity contribution in [2.75, 3.05) is 23.3 Å². The van der Waals surface area contributed by atoms with Crippen LogP contribution < -0.4 is 10.2 Å². The first kappa shape index (κ1) is 13.4. The number of fused-ring (bicyclic) bond motifs is 1. The first-order valence-electron chi connectivity index (χ1n) is 5.74. The van der Waals surface area contributed by atoms with Gasteiger partial charge in [0.15, 0.2) is 0 Å². The summed E-state index contributed by atoms with van der Waals surface area (Å²) in [4.78, 5) is 24.8. The van der Waals surface area contributed by atoms with Gasteiger partial charge < -0.3 is 10.2 Å². The number of nitrogens with one attached hydrogen (secondary N) is 1. The minimum absolute atomic E-state index is 0.316. The van der Waals surface area contributed by atoms with Gasteiger partial charge in [-0.2, -0.15) is 0 Å². The van der Waals surface area contributed by atoms with Gasteiger partial charge in [0.2, 0.25) is 0 Å². The maximum Gasteiger partial charge on any atom is 0.296 e. The standard InChI is InChI=1S/C14H13ClN2O2/c1-3-5-17(6-4-2)12-8-11-9(7-10(12)15)13(18)14(19)16-11/h3-4,7-8H,1-2,5-6H2,(H,16,18,19). The molecule has 0 fully saturated rings. The third-order valence-corrected chi connectivity index (χ3v) is 3.13. The number of hydrogen-bond acceptors (Lipinski definition) is 3. The van der Waals surface area contributed by atoms with Crippen molar-refractivity contribution in [3.8, 4) is 0 Å². The fraction of sp³-hybridized carbons (Fsp3) is 0.143. The maximum absolute atomic E-state index is 11.6. The highest BCUT2D eigenvalue weighted by atomic mass is 35.5. The lowest BCUT2D eigenvalue weighted by Crippen LogP contribution is -2.23. The molecule has 5 heteroatoms. The highest BCUT2D eigenvalue weighted by Crippen LogP contribution is 2.35. The molecule has 0 aromatic heterocycles. The van der Waals surface area contributed by atoms with Crippen LogP contribution in [0.25, 0.3) is 0 Å². The lowest BCUT2D eigenvalue weighted by molar-refractivity contribution is -0.112. The van der Waals surface area contributed by atoms with Crippen LogP contribution in [0.5, 0.6) is 0 Å². The van der Waals surface area contributed by atoms with Crippen molar-refractivity contribution < 1.29 is 9.59 Å². The summed E-state index contributed by atoms with van der Waals surface area (Å²) in [5.41, 5.74) is 1.54. The van der Waals surface area contributed by atoms with E-state index >= 15 is 0 Å². The minimum Gasteiger partial charge on any atom is -0.363 e. The van der Waals surface area contributed by atoms with Crippen molar-refractivity contribution in [2.45, 2.75) is 0 Å². The number of hydrogen-bond donors (Lipinski definition) is 1. The van der Waals surface area contributed by atoms with Crippen molar-refractivity contribution in [1.29, 1.82) is 0 Å². The van der Waals surface area contributed by atoms with Crippen molar-refractivity contribution in [3.63, 3.8) is 0 Å². The number of Topliss-reactive ketones (excluding diaryl/α,β-unsaturated/α-hetero) is 1. The molecule has 2 rings (SSSR count). The van der Waals surface area contributed by atoms with Gasteiger partial charge in [-0.25, -0.2) is 0 Å². The van der Waals surface area contributed by atoms with E-state index in [1.54, 1.807) is 18.2 Å². The van der Waals surface area contributed by atoms with Crippen LogP contribution in [-0.2, 0) is 4.79 Å². The summed E-state index contributed by atoms with van der Waals surface area (Å²) in [5, 5.41) is 2.95. The number of nitrogens with zero attached hydrogens (tertiary/aromatic N) is 1. The van der Waals surface area contributed by atoms with Gasteiger partial charge in [-0.3, -0.25) is 9.59 Å². The quantitative estimate of drug-likeness (QED) is 0.664. The summed E-state index contributed by atoms with van der Waals surface area (Å²) in [6.45, 7) is 8.56. The van der Waals surface area contributed by atoms with Crippen molar-refractivity contribution in [3.05, 3.63) is 48.0 Å². The van der Waals surface area contributed by atoms with Gasteiger partial charge in [-0.15, -0.1) is 13.2 Å². The molecule has 0 radical (unpaired) electrons. The smallest absolute Gasteiger partial charge is 0.296 e. The Labute approximate surface area is 116 Å². The predicted octanol–water partition coefficient (Wildman–Crippen LogP) is 2.65. The SMILES string of the molecule is C=CCN(CC=C)c1cc2c(cc1Cl)C(=O)C(=O)N2. The average molecular weight is 277 g/mol. The molecular formula is C14H13ClN2O2. The first-order chi connectivity index (χ1) is 9.08. The van der Waals surface area contributed by atoms with E-state index in [1.807, 2.05) is 4.90 Å². The third kappa shape index (κ3) is 2.39. The van der Waals surface area contributed by atoms with E-state index in [0.717, 1.165) is 5.69 Å². The number of carbonyl (C=O) groups excluding carboxylic acids is 2. The zero-order valence-electron chi connectivity index (χ0n) is 10.3. The Hall–Kier alpha value is -2.07.